The molecule has 0 saturated heterocycles. The van der Waals surface area contributed by atoms with Crippen molar-refractivity contribution in [2.75, 3.05) is 6.54 Å². The van der Waals surface area contributed by atoms with Crippen LogP contribution in [0, 0.1) is 6.92 Å². The first kappa shape index (κ1) is 14.3. The molecule has 0 aliphatic heterocycles. The molecule has 0 aliphatic carbocycles. The summed E-state index contributed by atoms with van der Waals surface area (Å²) in [4.78, 5) is 0. The van der Waals surface area contributed by atoms with E-state index in [0.29, 0.717) is 6.04 Å². The third kappa shape index (κ3) is 3.45. The Kier molecular flexibility index (Phi) is 4.77. The van der Waals surface area contributed by atoms with Crippen LogP contribution in [0.15, 0.2) is 35.1 Å². The van der Waals surface area contributed by atoms with Crippen LogP contribution in [-0.2, 0) is 0 Å². The van der Waals surface area contributed by atoms with Gasteiger partial charge in [-0.05, 0) is 56.1 Å². The van der Waals surface area contributed by atoms with Gasteiger partial charge in [-0.25, -0.2) is 4.68 Å². The van der Waals surface area contributed by atoms with Gasteiger partial charge in [-0.15, -0.1) is 0 Å². The molecule has 0 saturated carbocycles. The average Bonchev–Trinajstić information content (AvgIpc) is 2.82. The highest BCUT2D eigenvalue weighted by Gasteiger charge is 2.12. The molecule has 0 amide bonds. The van der Waals surface area contributed by atoms with E-state index in [1.165, 1.54) is 11.1 Å². The summed E-state index contributed by atoms with van der Waals surface area (Å²) in [6, 6.07) is 6.63. The Morgan fingerprint density at radius 1 is 1.42 bits per heavy atom. The fraction of sp³-hybridized carbons (Fsp3) is 0.400. The molecular formula is C15H20BrN3. The normalized spacial score (nSPS) is 12.6. The van der Waals surface area contributed by atoms with Crippen molar-refractivity contribution in [1.82, 2.24) is 15.1 Å². The van der Waals surface area contributed by atoms with Crippen LogP contribution in [-0.4, -0.2) is 16.3 Å². The lowest BCUT2D eigenvalue weighted by molar-refractivity contribution is 0.567. The van der Waals surface area contributed by atoms with Gasteiger partial charge in [0.25, 0.3) is 0 Å². The van der Waals surface area contributed by atoms with Crippen molar-refractivity contribution >= 4 is 15.9 Å². The van der Waals surface area contributed by atoms with E-state index in [9.17, 15) is 0 Å². The third-order valence-corrected chi connectivity index (χ3v) is 3.61. The number of nitrogens with one attached hydrogen (secondary N) is 1. The van der Waals surface area contributed by atoms with Crippen LogP contribution in [0.3, 0.4) is 0 Å². The number of aryl methyl sites for hydroxylation is 1. The SMILES string of the molecule is CCCNC(C)c1cc(Br)ccc1-n1cc(C)cn1. The summed E-state index contributed by atoms with van der Waals surface area (Å²) >= 11 is 3.55. The molecule has 0 spiro atoms. The fourth-order valence-electron chi connectivity index (χ4n) is 2.10. The predicted molar refractivity (Wildman–Crippen MR) is 82.7 cm³/mol. The third-order valence-electron chi connectivity index (χ3n) is 3.12. The highest BCUT2D eigenvalue weighted by molar-refractivity contribution is 9.10. The van der Waals surface area contributed by atoms with Crippen molar-refractivity contribution in [3.63, 3.8) is 0 Å². The minimum Gasteiger partial charge on any atom is -0.310 e. The van der Waals surface area contributed by atoms with Crippen molar-refractivity contribution < 1.29 is 0 Å². The van der Waals surface area contributed by atoms with Gasteiger partial charge in [-0.1, -0.05) is 22.9 Å². The van der Waals surface area contributed by atoms with Crippen molar-refractivity contribution in [3.05, 3.63) is 46.2 Å². The van der Waals surface area contributed by atoms with E-state index in [1.807, 2.05) is 10.9 Å². The Morgan fingerprint density at radius 2 is 2.21 bits per heavy atom. The summed E-state index contributed by atoms with van der Waals surface area (Å²) in [5.74, 6) is 0. The summed E-state index contributed by atoms with van der Waals surface area (Å²) < 4.78 is 3.04. The highest BCUT2D eigenvalue weighted by Crippen LogP contribution is 2.25. The molecule has 1 aromatic heterocycles. The van der Waals surface area contributed by atoms with Gasteiger partial charge >= 0.3 is 0 Å². The van der Waals surface area contributed by atoms with Crippen LogP contribution in [0.1, 0.15) is 37.4 Å². The molecule has 102 valence electrons. The van der Waals surface area contributed by atoms with Crippen LogP contribution in [0.2, 0.25) is 0 Å². The molecule has 19 heavy (non-hydrogen) atoms. The largest absolute Gasteiger partial charge is 0.310 e. The summed E-state index contributed by atoms with van der Waals surface area (Å²) in [6.45, 7) is 7.45. The van der Waals surface area contributed by atoms with E-state index in [2.05, 4.69) is 71.5 Å². The van der Waals surface area contributed by atoms with Crippen molar-refractivity contribution in [3.8, 4) is 5.69 Å². The molecule has 1 heterocycles. The molecule has 0 bridgehead atoms. The Balaban J connectivity index is 2.37. The van der Waals surface area contributed by atoms with Crippen molar-refractivity contribution in [2.24, 2.45) is 0 Å². The Morgan fingerprint density at radius 3 is 2.84 bits per heavy atom. The molecule has 1 atom stereocenters. The Hall–Kier alpha value is -1.13. The van der Waals surface area contributed by atoms with E-state index >= 15 is 0 Å². The first-order valence-electron chi connectivity index (χ1n) is 6.66. The van der Waals surface area contributed by atoms with Gasteiger partial charge in [0.1, 0.15) is 0 Å². The number of hydrogen-bond acceptors (Lipinski definition) is 2. The average molecular weight is 322 g/mol. The zero-order chi connectivity index (χ0) is 13.8. The number of aromatic nitrogens is 2. The van der Waals surface area contributed by atoms with Crippen molar-refractivity contribution in [1.29, 1.82) is 0 Å². The van der Waals surface area contributed by atoms with E-state index in [0.717, 1.165) is 23.1 Å². The molecule has 0 fully saturated rings. The van der Waals surface area contributed by atoms with Gasteiger partial charge in [0.2, 0.25) is 0 Å². The molecule has 0 aliphatic rings. The van der Waals surface area contributed by atoms with Gasteiger partial charge in [0, 0.05) is 16.7 Å². The Bertz CT molecular complexity index is 548. The standard InChI is InChI=1S/C15H20BrN3/c1-4-7-17-12(3)14-8-13(16)5-6-15(14)19-10-11(2)9-18-19/h5-6,8-10,12,17H,4,7H2,1-3H3. The second-order valence-electron chi connectivity index (χ2n) is 4.84. The van der Waals surface area contributed by atoms with Gasteiger partial charge in [-0.2, -0.15) is 5.10 Å². The monoisotopic (exact) mass is 321 g/mol. The summed E-state index contributed by atoms with van der Waals surface area (Å²) in [6.07, 6.45) is 5.07. The number of hydrogen-bond donors (Lipinski definition) is 1. The van der Waals surface area contributed by atoms with Gasteiger partial charge in [0.05, 0.1) is 11.9 Å². The molecule has 2 rings (SSSR count). The number of nitrogens with zero attached hydrogens (tertiary/aromatic N) is 2. The van der Waals surface area contributed by atoms with E-state index in [-0.39, 0.29) is 0 Å². The van der Waals surface area contributed by atoms with E-state index in [4.69, 9.17) is 0 Å². The van der Waals surface area contributed by atoms with E-state index < -0.39 is 0 Å². The molecule has 4 heteroatoms. The number of rotatable bonds is 5. The smallest absolute Gasteiger partial charge is 0.0694 e. The number of halogens is 1. The van der Waals surface area contributed by atoms with Gasteiger partial charge in [-0.3, -0.25) is 0 Å². The molecule has 1 N–H and O–H groups in total. The van der Waals surface area contributed by atoms with Gasteiger partial charge < -0.3 is 5.32 Å². The molecule has 1 unspecified atom stereocenters. The minimum absolute atomic E-state index is 0.303. The zero-order valence-corrected chi connectivity index (χ0v) is 13.2. The molecular weight excluding hydrogens is 302 g/mol. The molecule has 0 radical (unpaired) electrons. The van der Waals surface area contributed by atoms with E-state index in [1.54, 1.807) is 0 Å². The lowest BCUT2D eigenvalue weighted by atomic mass is 10.1. The summed E-state index contributed by atoms with van der Waals surface area (Å²) in [5, 5.41) is 7.94. The quantitative estimate of drug-likeness (QED) is 0.901. The first-order valence-corrected chi connectivity index (χ1v) is 7.45. The molecule has 3 nitrogen and oxygen atoms in total. The summed E-state index contributed by atoms with van der Waals surface area (Å²) in [5.41, 5.74) is 3.56. The van der Waals surface area contributed by atoms with Crippen LogP contribution >= 0.6 is 15.9 Å². The predicted octanol–water partition coefficient (Wildman–Crippen LogP) is 4.00. The Labute approximate surface area is 123 Å². The fourth-order valence-corrected chi connectivity index (χ4v) is 2.47. The van der Waals surface area contributed by atoms with Crippen LogP contribution in [0.4, 0.5) is 0 Å². The van der Waals surface area contributed by atoms with Crippen LogP contribution in [0.25, 0.3) is 5.69 Å². The second-order valence-corrected chi connectivity index (χ2v) is 5.76. The second kappa shape index (κ2) is 6.35. The number of benzene rings is 1. The zero-order valence-electron chi connectivity index (χ0n) is 11.7. The van der Waals surface area contributed by atoms with Gasteiger partial charge in [0.15, 0.2) is 0 Å². The maximum absolute atomic E-state index is 4.41. The van der Waals surface area contributed by atoms with Crippen LogP contribution in [0.5, 0.6) is 0 Å². The van der Waals surface area contributed by atoms with Crippen LogP contribution < -0.4 is 5.32 Å². The lowest BCUT2D eigenvalue weighted by Gasteiger charge is -2.18. The molecule has 2 aromatic rings. The summed E-state index contributed by atoms with van der Waals surface area (Å²) in [7, 11) is 0. The van der Waals surface area contributed by atoms with Crippen molar-refractivity contribution in [2.45, 2.75) is 33.2 Å². The first-order chi connectivity index (χ1) is 9.11. The molecule has 1 aromatic carbocycles. The lowest BCUT2D eigenvalue weighted by Crippen LogP contribution is -2.20. The topological polar surface area (TPSA) is 29.9 Å². The maximum Gasteiger partial charge on any atom is 0.0694 e. The highest BCUT2D eigenvalue weighted by atomic mass is 79.9. The minimum atomic E-state index is 0.303. The maximum atomic E-state index is 4.41.